The first kappa shape index (κ1) is 13.4. The van der Waals surface area contributed by atoms with Crippen LogP contribution in [0.25, 0.3) is 0 Å². The van der Waals surface area contributed by atoms with Crippen molar-refractivity contribution in [2.24, 2.45) is 0 Å². The fourth-order valence-electron chi connectivity index (χ4n) is 1.72. The number of carbonyl (C=O) groups excluding carboxylic acids is 2. The molecule has 0 saturated heterocycles. The minimum Gasteiger partial charge on any atom is -0.507 e. The van der Waals surface area contributed by atoms with E-state index in [0.29, 0.717) is 0 Å². The van der Waals surface area contributed by atoms with Crippen molar-refractivity contribution in [3.8, 4) is 23.0 Å². The van der Waals surface area contributed by atoms with E-state index in [9.17, 15) is 24.9 Å². The predicted molar refractivity (Wildman–Crippen MR) is 68.0 cm³/mol. The summed E-state index contributed by atoms with van der Waals surface area (Å²) in [6.45, 7) is 0.0169. The highest BCUT2D eigenvalue weighted by atomic mass is 16.5. The fraction of sp³-hybridized carbons (Fsp3) is 0. The van der Waals surface area contributed by atoms with Gasteiger partial charge in [-0.1, -0.05) is 12.1 Å². The van der Waals surface area contributed by atoms with Gasteiger partial charge in [-0.05, 0) is 24.3 Å². The smallest absolute Gasteiger partial charge is 0.298 e. The summed E-state index contributed by atoms with van der Waals surface area (Å²) in [6.07, 6.45) is 0. The van der Waals surface area contributed by atoms with E-state index in [-0.39, 0.29) is 23.3 Å². The molecule has 0 atom stereocenters. The van der Waals surface area contributed by atoms with Gasteiger partial charge in [0.1, 0.15) is 5.75 Å². The maximum atomic E-state index is 12.2. The van der Waals surface area contributed by atoms with E-state index in [0.717, 1.165) is 12.1 Å². The molecule has 0 aliphatic carbocycles. The van der Waals surface area contributed by atoms with E-state index >= 15 is 0 Å². The second kappa shape index (κ2) is 5.31. The van der Waals surface area contributed by atoms with Gasteiger partial charge in [-0.3, -0.25) is 9.59 Å². The number of aromatic hydroxyl groups is 3. The van der Waals surface area contributed by atoms with Crippen LogP contribution >= 0.6 is 0 Å². The standard InChI is InChI=1S/C14H10O6/c15-7-20-14-11(17)6-5-9(13(14)19)12(18)8-3-1-2-4-10(8)16/h1-7,16-17,19H. The number of rotatable bonds is 4. The molecule has 2 aromatic rings. The molecule has 0 amide bonds. The first-order valence-corrected chi connectivity index (χ1v) is 5.54. The van der Waals surface area contributed by atoms with Crippen LogP contribution in [0.2, 0.25) is 0 Å². The molecular formula is C14H10O6. The third-order valence-electron chi connectivity index (χ3n) is 2.67. The Morgan fingerprint density at radius 2 is 1.65 bits per heavy atom. The zero-order valence-corrected chi connectivity index (χ0v) is 10.1. The van der Waals surface area contributed by atoms with E-state index in [2.05, 4.69) is 4.74 Å². The molecule has 0 spiro atoms. The molecule has 0 radical (unpaired) electrons. The Morgan fingerprint density at radius 1 is 0.950 bits per heavy atom. The van der Waals surface area contributed by atoms with Crippen molar-refractivity contribution in [2.75, 3.05) is 0 Å². The lowest BCUT2D eigenvalue weighted by atomic mass is 10.0. The van der Waals surface area contributed by atoms with Gasteiger partial charge in [0.25, 0.3) is 6.47 Å². The first-order chi connectivity index (χ1) is 9.56. The molecule has 0 unspecified atom stereocenters. The van der Waals surface area contributed by atoms with Gasteiger partial charge < -0.3 is 20.1 Å². The molecule has 0 aliphatic rings. The largest absolute Gasteiger partial charge is 0.507 e. The number of para-hydroxylation sites is 1. The van der Waals surface area contributed by atoms with Crippen molar-refractivity contribution >= 4 is 12.3 Å². The van der Waals surface area contributed by atoms with Crippen molar-refractivity contribution in [1.82, 2.24) is 0 Å². The number of benzene rings is 2. The minimum absolute atomic E-state index is 0.0169. The van der Waals surface area contributed by atoms with Crippen LogP contribution in [0.1, 0.15) is 15.9 Å². The summed E-state index contributed by atoms with van der Waals surface area (Å²) in [4.78, 5) is 22.5. The monoisotopic (exact) mass is 274 g/mol. The number of carbonyl (C=O) groups is 2. The predicted octanol–water partition coefficient (Wildman–Crippen LogP) is 1.57. The molecule has 0 aliphatic heterocycles. The van der Waals surface area contributed by atoms with Crippen molar-refractivity contribution in [1.29, 1.82) is 0 Å². The van der Waals surface area contributed by atoms with Gasteiger partial charge in [-0.15, -0.1) is 0 Å². The van der Waals surface area contributed by atoms with Crippen LogP contribution in [0.5, 0.6) is 23.0 Å². The Kier molecular flexibility index (Phi) is 3.56. The van der Waals surface area contributed by atoms with E-state index in [1.807, 2.05) is 0 Å². The molecule has 0 heterocycles. The topological polar surface area (TPSA) is 104 Å². The molecule has 3 N–H and O–H groups in total. The summed E-state index contributed by atoms with van der Waals surface area (Å²) in [6, 6.07) is 8.07. The quantitative estimate of drug-likeness (QED) is 0.577. The Labute approximate surface area is 113 Å². The van der Waals surface area contributed by atoms with Crippen LogP contribution in [0.15, 0.2) is 36.4 Å². The van der Waals surface area contributed by atoms with Gasteiger partial charge in [-0.25, -0.2) is 0 Å². The number of phenols is 3. The first-order valence-electron chi connectivity index (χ1n) is 5.54. The van der Waals surface area contributed by atoms with Crippen LogP contribution in [0, 0.1) is 0 Å². The highest BCUT2D eigenvalue weighted by molar-refractivity contribution is 6.12. The summed E-state index contributed by atoms with van der Waals surface area (Å²) < 4.78 is 4.43. The summed E-state index contributed by atoms with van der Waals surface area (Å²) in [7, 11) is 0. The maximum absolute atomic E-state index is 12.2. The lowest BCUT2D eigenvalue weighted by Crippen LogP contribution is -2.03. The Morgan fingerprint density at radius 3 is 2.30 bits per heavy atom. The second-order valence-electron chi connectivity index (χ2n) is 3.87. The minimum atomic E-state index is -0.676. The maximum Gasteiger partial charge on any atom is 0.298 e. The highest BCUT2D eigenvalue weighted by Gasteiger charge is 2.21. The molecular weight excluding hydrogens is 264 g/mol. The Hall–Kier alpha value is -3.02. The summed E-state index contributed by atoms with van der Waals surface area (Å²) >= 11 is 0. The van der Waals surface area contributed by atoms with Crippen LogP contribution in [0.3, 0.4) is 0 Å². The molecule has 2 aromatic carbocycles. The summed E-state index contributed by atoms with van der Waals surface area (Å²) in [5.74, 6) is -2.59. The zero-order valence-electron chi connectivity index (χ0n) is 10.1. The van der Waals surface area contributed by atoms with Crippen LogP contribution in [-0.2, 0) is 4.79 Å². The third-order valence-corrected chi connectivity index (χ3v) is 2.67. The van der Waals surface area contributed by atoms with Gasteiger partial charge >= 0.3 is 0 Å². The Balaban J connectivity index is 2.54. The number of phenolic OH excluding ortho intramolecular Hbond substituents is 3. The molecule has 0 saturated carbocycles. The highest BCUT2D eigenvalue weighted by Crippen LogP contribution is 2.39. The van der Waals surface area contributed by atoms with Crippen LogP contribution in [0.4, 0.5) is 0 Å². The molecule has 20 heavy (non-hydrogen) atoms. The van der Waals surface area contributed by atoms with Crippen molar-refractivity contribution in [3.05, 3.63) is 47.5 Å². The second-order valence-corrected chi connectivity index (χ2v) is 3.87. The van der Waals surface area contributed by atoms with Gasteiger partial charge in [0.2, 0.25) is 11.5 Å². The van der Waals surface area contributed by atoms with E-state index in [1.165, 1.54) is 12.1 Å². The SMILES string of the molecule is O=COc1c(O)ccc(C(=O)c2ccccc2O)c1O. The molecule has 2 rings (SSSR count). The number of hydrogen-bond donors (Lipinski definition) is 3. The normalized spacial score (nSPS) is 10.0. The lowest BCUT2D eigenvalue weighted by Gasteiger charge is -2.09. The fourth-order valence-corrected chi connectivity index (χ4v) is 1.72. The van der Waals surface area contributed by atoms with E-state index in [4.69, 9.17) is 0 Å². The van der Waals surface area contributed by atoms with Crippen molar-refractivity contribution in [3.63, 3.8) is 0 Å². The van der Waals surface area contributed by atoms with Gasteiger partial charge in [0.15, 0.2) is 11.5 Å². The summed E-state index contributed by atoms with van der Waals surface area (Å²) in [5.41, 5.74) is -0.230. The average Bonchev–Trinajstić information content (AvgIpc) is 2.43. The van der Waals surface area contributed by atoms with Crippen molar-refractivity contribution in [2.45, 2.75) is 0 Å². The molecule has 0 fully saturated rings. The molecule has 0 bridgehead atoms. The van der Waals surface area contributed by atoms with E-state index < -0.39 is 23.0 Å². The molecule has 102 valence electrons. The van der Waals surface area contributed by atoms with Gasteiger partial charge in [0.05, 0.1) is 11.1 Å². The van der Waals surface area contributed by atoms with Crippen molar-refractivity contribution < 1.29 is 29.6 Å². The van der Waals surface area contributed by atoms with Crippen LogP contribution < -0.4 is 4.74 Å². The number of hydrogen-bond acceptors (Lipinski definition) is 6. The summed E-state index contributed by atoms with van der Waals surface area (Å²) in [5, 5.41) is 28.9. The molecule has 6 heteroatoms. The lowest BCUT2D eigenvalue weighted by molar-refractivity contribution is -0.120. The van der Waals surface area contributed by atoms with Gasteiger partial charge in [0, 0.05) is 0 Å². The molecule has 6 nitrogen and oxygen atoms in total. The number of ketones is 1. The average molecular weight is 274 g/mol. The molecule has 0 aromatic heterocycles. The zero-order chi connectivity index (χ0) is 14.7. The van der Waals surface area contributed by atoms with E-state index in [1.54, 1.807) is 12.1 Å². The number of ether oxygens (including phenoxy) is 1. The Bertz CT molecular complexity index is 677. The van der Waals surface area contributed by atoms with Gasteiger partial charge in [-0.2, -0.15) is 0 Å². The van der Waals surface area contributed by atoms with Crippen LogP contribution in [-0.4, -0.2) is 27.6 Å². The third kappa shape index (κ3) is 2.26.